The normalized spacial score (nSPS) is 41.3. The van der Waals surface area contributed by atoms with Crippen molar-refractivity contribution in [3.63, 3.8) is 0 Å². The monoisotopic (exact) mass is 448 g/mol. The number of halogens is 1. The first-order chi connectivity index (χ1) is 11.0. The molecule has 5 atom stereocenters. The maximum Gasteiger partial charge on any atom is 0.191 e. The van der Waals surface area contributed by atoms with Gasteiger partial charge in [0.15, 0.2) is 5.96 Å². The van der Waals surface area contributed by atoms with E-state index in [0.29, 0.717) is 30.0 Å². The van der Waals surface area contributed by atoms with Gasteiger partial charge in [0, 0.05) is 56.2 Å². The fraction of sp³-hybridized carbons (Fsp3) is 0.944. The molecule has 0 aromatic rings. The highest BCUT2D eigenvalue weighted by Gasteiger charge is 2.59. The molecule has 4 rings (SSSR count). The van der Waals surface area contributed by atoms with Gasteiger partial charge in [-0.1, -0.05) is 20.8 Å². The zero-order valence-electron chi connectivity index (χ0n) is 15.4. The highest BCUT2D eigenvalue weighted by molar-refractivity contribution is 14.0. The van der Waals surface area contributed by atoms with Crippen LogP contribution in [0.15, 0.2) is 4.99 Å². The second kappa shape index (κ2) is 6.91. The lowest BCUT2D eigenvalue weighted by molar-refractivity contribution is -0.106. The van der Waals surface area contributed by atoms with Crippen LogP contribution < -0.4 is 10.6 Å². The van der Waals surface area contributed by atoms with Crippen molar-refractivity contribution in [1.82, 2.24) is 15.5 Å². The summed E-state index contributed by atoms with van der Waals surface area (Å²) in [7, 11) is 1.89. The summed E-state index contributed by atoms with van der Waals surface area (Å²) in [5.74, 6) is 2.31. The van der Waals surface area contributed by atoms with Crippen molar-refractivity contribution in [1.29, 1.82) is 0 Å². The molecule has 2 aliphatic carbocycles. The topological polar surface area (TPSA) is 48.9 Å². The average molecular weight is 448 g/mol. The van der Waals surface area contributed by atoms with Crippen molar-refractivity contribution in [3.8, 4) is 0 Å². The number of aliphatic imine (C=N–C) groups is 1. The standard InChI is InChI=1S/C18H32N4O.HI/c1-11-9-22(12-5-6-12)10-14(11)20-17(19-4)21-15-13-7-8-23-16(13)18(15,2)3;/h11-16H,5-10H2,1-4H3,(H2,19,20,21);1H. The molecule has 6 heteroatoms. The van der Waals surface area contributed by atoms with Crippen molar-refractivity contribution in [2.75, 3.05) is 26.7 Å². The Morgan fingerprint density at radius 3 is 2.58 bits per heavy atom. The van der Waals surface area contributed by atoms with Crippen LogP contribution in [0.3, 0.4) is 0 Å². The molecule has 2 N–H and O–H groups in total. The zero-order chi connectivity index (χ0) is 16.2. The number of guanidine groups is 1. The number of ether oxygens (including phenoxy) is 1. The molecule has 5 nitrogen and oxygen atoms in total. The van der Waals surface area contributed by atoms with Crippen LogP contribution in [0.4, 0.5) is 0 Å². The Bertz CT molecular complexity index is 493. The quantitative estimate of drug-likeness (QED) is 0.395. The maximum absolute atomic E-state index is 5.90. The Kier molecular flexibility index (Phi) is 5.39. The van der Waals surface area contributed by atoms with Crippen LogP contribution in [0.25, 0.3) is 0 Å². The van der Waals surface area contributed by atoms with Gasteiger partial charge >= 0.3 is 0 Å². The smallest absolute Gasteiger partial charge is 0.191 e. The second-order valence-corrected chi connectivity index (χ2v) is 8.67. The lowest BCUT2D eigenvalue weighted by Gasteiger charge is -2.55. The first-order valence-electron chi connectivity index (χ1n) is 9.36. The summed E-state index contributed by atoms with van der Waals surface area (Å²) in [5.41, 5.74) is 0.195. The van der Waals surface area contributed by atoms with Crippen LogP contribution >= 0.6 is 24.0 Å². The molecular formula is C18H33IN4O. The van der Waals surface area contributed by atoms with E-state index < -0.39 is 0 Å². The summed E-state index contributed by atoms with van der Waals surface area (Å²) in [4.78, 5) is 7.16. The molecule has 2 saturated carbocycles. The van der Waals surface area contributed by atoms with E-state index in [-0.39, 0.29) is 29.4 Å². The number of nitrogens with one attached hydrogen (secondary N) is 2. The molecule has 2 aliphatic heterocycles. The molecule has 2 heterocycles. The molecule has 0 spiro atoms. The van der Waals surface area contributed by atoms with Crippen LogP contribution in [-0.4, -0.2) is 61.8 Å². The molecule has 0 aromatic carbocycles. The van der Waals surface area contributed by atoms with Crippen LogP contribution in [0.1, 0.15) is 40.0 Å². The molecule has 0 amide bonds. The van der Waals surface area contributed by atoms with Gasteiger partial charge in [0.1, 0.15) is 0 Å². The van der Waals surface area contributed by atoms with Gasteiger partial charge in [-0.25, -0.2) is 0 Å². The molecule has 5 unspecified atom stereocenters. The Hall–Kier alpha value is -0.0800. The Morgan fingerprint density at radius 2 is 1.92 bits per heavy atom. The van der Waals surface area contributed by atoms with E-state index in [4.69, 9.17) is 4.74 Å². The molecule has 4 aliphatic rings. The van der Waals surface area contributed by atoms with Crippen molar-refractivity contribution >= 4 is 29.9 Å². The number of hydrogen-bond donors (Lipinski definition) is 2. The molecule has 138 valence electrons. The van der Waals surface area contributed by atoms with Crippen LogP contribution in [0.5, 0.6) is 0 Å². The van der Waals surface area contributed by atoms with Crippen LogP contribution in [0, 0.1) is 17.3 Å². The van der Waals surface area contributed by atoms with E-state index in [9.17, 15) is 0 Å². The minimum atomic E-state index is 0. The maximum atomic E-state index is 5.90. The first kappa shape index (κ1) is 18.7. The summed E-state index contributed by atoms with van der Waals surface area (Å²) < 4.78 is 5.90. The summed E-state index contributed by atoms with van der Waals surface area (Å²) in [6.07, 6.45) is 4.39. The fourth-order valence-electron chi connectivity index (χ4n) is 5.04. The van der Waals surface area contributed by atoms with E-state index in [1.54, 1.807) is 0 Å². The van der Waals surface area contributed by atoms with Gasteiger partial charge in [-0.2, -0.15) is 0 Å². The highest BCUT2D eigenvalue weighted by atomic mass is 127. The van der Waals surface area contributed by atoms with Crippen molar-refractivity contribution < 1.29 is 4.74 Å². The minimum Gasteiger partial charge on any atom is -0.377 e. The first-order valence-corrected chi connectivity index (χ1v) is 9.36. The van der Waals surface area contributed by atoms with Gasteiger partial charge < -0.3 is 15.4 Å². The predicted molar refractivity (Wildman–Crippen MR) is 108 cm³/mol. The van der Waals surface area contributed by atoms with Crippen LogP contribution in [-0.2, 0) is 4.74 Å². The third kappa shape index (κ3) is 3.18. The molecule has 0 aromatic heterocycles. The Balaban J connectivity index is 0.00000169. The Labute approximate surface area is 163 Å². The van der Waals surface area contributed by atoms with Gasteiger partial charge in [0.05, 0.1) is 6.10 Å². The highest BCUT2D eigenvalue weighted by Crippen LogP contribution is 2.52. The summed E-state index contributed by atoms with van der Waals surface area (Å²) in [6.45, 7) is 10.3. The van der Waals surface area contributed by atoms with Crippen molar-refractivity contribution in [3.05, 3.63) is 0 Å². The Morgan fingerprint density at radius 1 is 1.17 bits per heavy atom. The van der Waals surface area contributed by atoms with E-state index in [1.165, 1.54) is 25.8 Å². The lowest BCUT2D eigenvalue weighted by Crippen LogP contribution is -2.68. The molecule has 0 bridgehead atoms. The molecule has 4 fully saturated rings. The average Bonchev–Trinajstić information content (AvgIpc) is 3.16. The van der Waals surface area contributed by atoms with E-state index in [2.05, 4.69) is 41.3 Å². The fourth-order valence-corrected chi connectivity index (χ4v) is 5.04. The van der Waals surface area contributed by atoms with Crippen molar-refractivity contribution in [2.45, 2.75) is 64.3 Å². The third-order valence-electron chi connectivity index (χ3n) is 6.64. The predicted octanol–water partition coefficient (Wildman–Crippen LogP) is 2.07. The third-order valence-corrected chi connectivity index (χ3v) is 6.64. The van der Waals surface area contributed by atoms with E-state index in [0.717, 1.165) is 25.2 Å². The summed E-state index contributed by atoms with van der Waals surface area (Å²) in [5, 5.41) is 7.41. The van der Waals surface area contributed by atoms with E-state index in [1.807, 2.05) is 7.05 Å². The largest absolute Gasteiger partial charge is 0.377 e. The molecule has 0 radical (unpaired) electrons. The van der Waals surface area contributed by atoms with Crippen LogP contribution in [0.2, 0.25) is 0 Å². The molecule has 2 saturated heterocycles. The van der Waals surface area contributed by atoms with Gasteiger partial charge in [-0.15, -0.1) is 24.0 Å². The van der Waals surface area contributed by atoms with E-state index >= 15 is 0 Å². The minimum absolute atomic E-state index is 0. The van der Waals surface area contributed by atoms with Crippen molar-refractivity contribution in [2.24, 2.45) is 22.2 Å². The summed E-state index contributed by atoms with van der Waals surface area (Å²) in [6, 6.07) is 1.85. The van der Waals surface area contributed by atoms with Gasteiger partial charge in [-0.05, 0) is 25.2 Å². The number of nitrogens with zero attached hydrogens (tertiary/aromatic N) is 2. The van der Waals surface area contributed by atoms with Gasteiger partial charge in [0.25, 0.3) is 0 Å². The molecule has 24 heavy (non-hydrogen) atoms. The number of fused-ring (bicyclic) bond motifs is 1. The molecular weight excluding hydrogens is 415 g/mol. The number of likely N-dealkylation sites (tertiary alicyclic amines) is 1. The number of rotatable bonds is 3. The SMILES string of the molecule is CN=C(NC1CN(C2CC2)CC1C)NC1C2CCOC2C1(C)C.I. The second-order valence-electron chi connectivity index (χ2n) is 8.67. The van der Waals surface area contributed by atoms with Gasteiger partial charge in [0.2, 0.25) is 0 Å². The number of hydrogen-bond acceptors (Lipinski definition) is 3. The lowest BCUT2D eigenvalue weighted by atomic mass is 9.57. The summed E-state index contributed by atoms with van der Waals surface area (Å²) >= 11 is 0. The van der Waals surface area contributed by atoms with Gasteiger partial charge in [-0.3, -0.25) is 9.89 Å². The zero-order valence-corrected chi connectivity index (χ0v) is 17.7.